The number of rotatable bonds is 10. The summed E-state index contributed by atoms with van der Waals surface area (Å²) in [6.45, 7) is 6.90. The van der Waals surface area contributed by atoms with Crippen molar-refractivity contribution < 1.29 is 14.2 Å². The lowest BCUT2D eigenvalue weighted by atomic mass is 10.1. The minimum atomic E-state index is 0.151. The second-order valence-corrected chi connectivity index (χ2v) is 8.01. The van der Waals surface area contributed by atoms with Crippen LogP contribution in [0.15, 0.2) is 24.4 Å². The highest BCUT2D eigenvalue weighted by molar-refractivity contribution is 6.13. The van der Waals surface area contributed by atoms with E-state index < -0.39 is 0 Å². The lowest BCUT2D eigenvalue weighted by Crippen LogP contribution is -2.21. The van der Waals surface area contributed by atoms with Crippen LogP contribution in [-0.2, 0) is 4.74 Å². The minimum Gasteiger partial charge on any atom is -0.493 e. The second kappa shape index (κ2) is 9.53. The average Bonchev–Trinajstić information content (AvgIpc) is 3.38. The van der Waals surface area contributed by atoms with Gasteiger partial charge in [-0.05, 0) is 51.4 Å². The van der Waals surface area contributed by atoms with Crippen molar-refractivity contribution >= 4 is 27.6 Å². The van der Waals surface area contributed by atoms with Gasteiger partial charge in [-0.3, -0.25) is 0 Å². The first-order valence-electron chi connectivity index (χ1n) is 10.8. The molecular weight excluding hydrogens is 380 g/mol. The lowest BCUT2D eigenvalue weighted by Gasteiger charge is -2.16. The predicted octanol–water partition coefficient (Wildman–Crippen LogP) is 4.04. The molecule has 0 radical (unpaired) electrons. The van der Waals surface area contributed by atoms with Crippen molar-refractivity contribution in [3.63, 3.8) is 0 Å². The number of benzene rings is 1. The lowest BCUT2D eigenvalue weighted by molar-refractivity contribution is 0.190. The molecule has 4 rings (SSSR count). The first-order chi connectivity index (χ1) is 14.7. The van der Waals surface area contributed by atoms with Crippen LogP contribution in [0.5, 0.6) is 11.5 Å². The Labute approximate surface area is 177 Å². The number of aromatic amines is 1. The fraction of sp³-hybridized carbons (Fsp3) is 0.522. The van der Waals surface area contributed by atoms with Crippen molar-refractivity contribution in [1.29, 1.82) is 0 Å². The van der Waals surface area contributed by atoms with E-state index in [1.165, 1.54) is 25.9 Å². The third kappa shape index (κ3) is 4.47. The monoisotopic (exact) mass is 412 g/mol. The SMILES string of the molecule is COC[C@H](C)Nc1nccc2[nH]c3cc(OCCCN4CCCC4)c(OC)cc3c12. The van der Waals surface area contributed by atoms with Gasteiger partial charge in [-0.2, -0.15) is 0 Å². The number of methoxy groups -OCH3 is 2. The summed E-state index contributed by atoms with van der Waals surface area (Å²) in [6.07, 6.45) is 5.47. The Hall–Kier alpha value is -2.51. The number of hydrogen-bond donors (Lipinski definition) is 2. The molecule has 162 valence electrons. The van der Waals surface area contributed by atoms with E-state index in [0.717, 1.165) is 52.1 Å². The summed E-state index contributed by atoms with van der Waals surface area (Å²) in [5.41, 5.74) is 2.04. The van der Waals surface area contributed by atoms with E-state index in [9.17, 15) is 0 Å². The van der Waals surface area contributed by atoms with Gasteiger partial charge in [0, 0.05) is 42.7 Å². The second-order valence-electron chi connectivity index (χ2n) is 8.01. The maximum absolute atomic E-state index is 6.10. The number of nitrogens with zero attached hydrogens (tertiary/aromatic N) is 2. The van der Waals surface area contributed by atoms with Gasteiger partial charge in [-0.1, -0.05) is 0 Å². The number of fused-ring (bicyclic) bond motifs is 3. The number of anilines is 1. The molecule has 3 heterocycles. The van der Waals surface area contributed by atoms with Crippen LogP contribution in [0.1, 0.15) is 26.2 Å². The van der Waals surface area contributed by atoms with Crippen LogP contribution >= 0.6 is 0 Å². The Morgan fingerprint density at radius 2 is 2.00 bits per heavy atom. The number of aromatic nitrogens is 2. The normalized spacial score (nSPS) is 15.7. The van der Waals surface area contributed by atoms with Crippen molar-refractivity contribution in [3.8, 4) is 11.5 Å². The quantitative estimate of drug-likeness (QED) is 0.490. The predicted molar refractivity (Wildman–Crippen MR) is 121 cm³/mol. The van der Waals surface area contributed by atoms with Crippen LogP contribution in [0.2, 0.25) is 0 Å². The Morgan fingerprint density at radius 3 is 2.77 bits per heavy atom. The van der Waals surface area contributed by atoms with E-state index >= 15 is 0 Å². The molecule has 0 saturated carbocycles. The van der Waals surface area contributed by atoms with Gasteiger partial charge >= 0.3 is 0 Å². The summed E-state index contributed by atoms with van der Waals surface area (Å²) in [7, 11) is 3.39. The maximum Gasteiger partial charge on any atom is 0.163 e. The number of H-pyrrole nitrogens is 1. The van der Waals surface area contributed by atoms with Gasteiger partial charge in [0.15, 0.2) is 11.5 Å². The first-order valence-corrected chi connectivity index (χ1v) is 10.8. The van der Waals surface area contributed by atoms with Gasteiger partial charge in [0.05, 0.1) is 31.4 Å². The molecule has 1 fully saturated rings. The van der Waals surface area contributed by atoms with E-state index in [0.29, 0.717) is 13.2 Å². The van der Waals surface area contributed by atoms with Crippen molar-refractivity contribution in [3.05, 3.63) is 24.4 Å². The van der Waals surface area contributed by atoms with Gasteiger partial charge in [0.2, 0.25) is 0 Å². The van der Waals surface area contributed by atoms with Crippen LogP contribution in [-0.4, -0.2) is 68.0 Å². The van der Waals surface area contributed by atoms with Gasteiger partial charge in [-0.25, -0.2) is 4.98 Å². The third-order valence-corrected chi connectivity index (χ3v) is 5.67. The highest BCUT2D eigenvalue weighted by atomic mass is 16.5. The summed E-state index contributed by atoms with van der Waals surface area (Å²) in [6, 6.07) is 6.22. The number of nitrogens with one attached hydrogen (secondary N) is 2. The number of ether oxygens (including phenoxy) is 3. The molecule has 7 nitrogen and oxygen atoms in total. The Balaban J connectivity index is 1.57. The molecule has 0 bridgehead atoms. The summed E-state index contributed by atoms with van der Waals surface area (Å²) in [5.74, 6) is 2.35. The summed E-state index contributed by atoms with van der Waals surface area (Å²) >= 11 is 0. The zero-order chi connectivity index (χ0) is 20.9. The van der Waals surface area contributed by atoms with Gasteiger partial charge in [0.1, 0.15) is 5.82 Å². The topological polar surface area (TPSA) is 71.6 Å². The van der Waals surface area contributed by atoms with E-state index in [-0.39, 0.29) is 6.04 Å². The summed E-state index contributed by atoms with van der Waals surface area (Å²) < 4.78 is 17.0. The molecule has 1 saturated heterocycles. The number of hydrogen-bond acceptors (Lipinski definition) is 6. The van der Waals surface area contributed by atoms with Crippen LogP contribution in [0.3, 0.4) is 0 Å². The highest BCUT2D eigenvalue weighted by Crippen LogP contribution is 2.38. The molecule has 0 spiro atoms. The molecule has 1 aliphatic heterocycles. The molecule has 3 aromatic rings. The molecule has 0 amide bonds. The van der Waals surface area contributed by atoms with Crippen LogP contribution in [0.4, 0.5) is 5.82 Å². The molecule has 0 aliphatic carbocycles. The zero-order valence-electron chi connectivity index (χ0n) is 18.2. The molecule has 1 aliphatic rings. The minimum absolute atomic E-state index is 0.151. The van der Waals surface area contributed by atoms with E-state index in [1.54, 1.807) is 14.2 Å². The van der Waals surface area contributed by atoms with E-state index in [4.69, 9.17) is 14.2 Å². The molecule has 2 N–H and O–H groups in total. The largest absolute Gasteiger partial charge is 0.493 e. The molecule has 1 atom stereocenters. The Bertz CT molecular complexity index is 981. The van der Waals surface area contributed by atoms with Crippen LogP contribution in [0, 0.1) is 0 Å². The van der Waals surface area contributed by atoms with Crippen molar-refractivity contribution in [2.24, 2.45) is 0 Å². The fourth-order valence-corrected chi connectivity index (χ4v) is 4.24. The fourth-order valence-electron chi connectivity index (χ4n) is 4.24. The molecule has 7 heteroatoms. The summed E-state index contributed by atoms with van der Waals surface area (Å²) in [5, 5.41) is 5.56. The number of likely N-dealkylation sites (tertiary alicyclic amines) is 1. The first kappa shape index (κ1) is 20.8. The maximum atomic E-state index is 6.10. The zero-order valence-corrected chi connectivity index (χ0v) is 18.2. The van der Waals surface area contributed by atoms with Crippen LogP contribution in [0.25, 0.3) is 21.8 Å². The molecule has 2 aromatic heterocycles. The molecular formula is C23H32N4O3. The van der Waals surface area contributed by atoms with Crippen molar-refractivity contribution in [2.75, 3.05) is 52.4 Å². The molecule has 1 aromatic carbocycles. The third-order valence-electron chi connectivity index (χ3n) is 5.67. The molecule has 0 unspecified atom stereocenters. The molecule has 30 heavy (non-hydrogen) atoms. The standard InChI is InChI=1S/C23H32N4O3/c1-16(15-28-2)25-23-22-17-13-20(29-3)21(14-19(17)26-18(22)7-8-24-23)30-12-6-11-27-9-4-5-10-27/h7-8,13-14,16,26H,4-6,9-12,15H2,1-3H3,(H,24,25)/t16-/m0/s1. The van der Waals surface area contributed by atoms with Crippen molar-refractivity contribution in [1.82, 2.24) is 14.9 Å². The highest BCUT2D eigenvalue weighted by Gasteiger charge is 2.16. The van der Waals surface area contributed by atoms with Gasteiger partial charge in [0.25, 0.3) is 0 Å². The summed E-state index contributed by atoms with van der Waals surface area (Å²) in [4.78, 5) is 10.6. The van der Waals surface area contributed by atoms with E-state index in [1.807, 2.05) is 24.4 Å². The average molecular weight is 413 g/mol. The van der Waals surface area contributed by atoms with Gasteiger partial charge < -0.3 is 29.4 Å². The van der Waals surface area contributed by atoms with Crippen molar-refractivity contribution in [2.45, 2.75) is 32.2 Å². The van der Waals surface area contributed by atoms with E-state index in [2.05, 4.69) is 27.1 Å². The van der Waals surface area contributed by atoms with Crippen LogP contribution < -0.4 is 14.8 Å². The smallest absolute Gasteiger partial charge is 0.163 e. The Morgan fingerprint density at radius 1 is 1.17 bits per heavy atom. The number of pyridine rings is 1. The van der Waals surface area contributed by atoms with Gasteiger partial charge in [-0.15, -0.1) is 0 Å². The Kier molecular flexibility index (Phi) is 6.59.